The van der Waals surface area contributed by atoms with Crippen LogP contribution in [0.3, 0.4) is 0 Å². The Bertz CT molecular complexity index is 1050. The molecule has 9 nitrogen and oxygen atoms in total. The molecule has 34 heavy (non-hydrogen) atoms. The number of hydrogen-bond acceptors (Lipinski definition) is 7. The quantitative estimate of drug-likeness (QED) is 0.531. The lowest BCUT2D eigenvalue weighted by molar-refractivity contribution is -0.125. The van der Waals surface area contributed by atoms with E-state index in [-0.39, 0.29) is 37.0 Å². The lowest BCUT2D eigenvalue weighted by Crippen LogP contribution is -2.47. The number of hydrogen-bond donors (Lipinski definition) is 2. The van der Waals surface area contributed by atoms with E-state index in [1.54, 1.807) is 31.1 Å². The Morgan fingerprint density at radius 2 is 2.06 bits per heavy atom. The summed E-state index contributed by atoms with van der Waals surface area (Å²) in [6.45, 7) is -2.73. The number of carbonyl (C=O) groups excluding carboxylic acids is 3. The Kier molecular flexibility index (Phi) is 8.78. The van der Waals surface area contributed by atoms with Crippen molar-refractivity contribution in [3.05, 3.63) is 39.5 Å². The molecule has 184 valence electrons. The molecule has 13 heteroatoms. The molecule has 1 aliphatic heterocycles. The Balaban J connectivity index is 1.74. The summed E-state index contributed by atoms with van der Waals surface area (Å²) in [5.74, 6) is -1.56. The maximum Gasteiger partial charge on any atom is 0.387 e. The van der Waals surface area contributed by atoms with Crippen LogP contribution in [0.5, 0.6) is 5.75 Å². The highest BCUT2D eigenvalue weighted by molar-refractivity contribution is 7.18. The van der Waals surface area contributed by atoms with E-state index in [9.17, 15) is 23.2 Å². The summed E-state index contributed by atoms with van der Waals surface area (Å²) < 4.78 is 36.2. The van der Waals surface area contributed by atoms with Gasteiger partial charge in [-0.3, -0.25) is 19.3 Å². The van der Waals surface area contributed by atoms with Crippen LogP contribution < -0.4 is 20.3 Å². The molecule has 3 amide bonds. The fourth-order valence-corrected chi connectivity index (χ4v) is 4.16. The number of ether oxygens (including phenoxy) is 2. The van der Waals surface area contributed by atoms with E-state index in [0.29, 0.717) is 21.5 Å². The zero-order chi connectivity index (χ0) is 24.8. The summed E-state index contributed by atoms with van der Waals surface area (Å²) in [4.78, 5) is 40.7. The van der Waals surface area contributed by atoms with Gasteiger partial charge >= 0.3 is 6.61 Å². The lowest BCUT2D eigenvalue weighted by atomic mass is 10.2. The number of anilines is 2. The molecule has 1 atom stereocenters. The predicted octanol–water partition coefficient (Wildman–Crippen LogP) is 2.66. The van der Waals surface area contributed by atoms with Gasteiger partial charge in [0, 0.05) is 24.8 Å². The van der Waals surface area contributed by atoms with Crippen LogP contribution in [0.2, 0.25) is 4.34 Å². The number of benzene rings is 1. The molecule has 1 saturated heterocycles. The second kappa shape index (κ2) is 11.6. The average Bonchev–Trinajstić information content (AvgIpc) is 3.21. The molecular weight excluding hydrogens is 494 g/mol. The van der Waals surface area contributed by atoms with Crippen molar-refractivity contribution >= 4 is 52.0 Å². The third-order valence-electron chi connectivity index (χ3n) is 4.92. The van der Waals surface area contributed by atoms with E-state index in [0.717, 1.165) is 11.3 Å². The number of morpholine rings is 1. The maximum absolute atomic E-state index is 13.0. The molecule has 1 fully saturated rings. The molecule has 1 aromatic heterocycles. The third kappa shape index (κ3) is 6.63. The number of nitrogens with zero attached hydrogens (tertiary/aromatic N) is 2. The average molecular weight is 517 g/mol. The minimum Gasteiger partial charge on any atom is -0.433 e. The number of alkyl halides is 2. The van der Waals surface area contributed by atoms with Crippen LogP contribution in [-0.2, 0) is 14.3 Å². The van der Waals surface area contributed by atoms with Gasteiger partial charge in [-0.05, 0) is 38.4 Å². The summed E-state index contributed by atoms with van der Waals surface area (Å²) >= 11 is 6.95. The van der Waals surface area contributed by atoms with Gasteiger partial charge in [0.05, 0.1) is 21.5 Å². The number of nitrogens with one attached hydrogen (secondary N) is 2. The van der Waals surface area contributed by atoms with Gasteiger partial charge in [0.15, 0.2) is 5.75 Å². The highest BCUT2D eigenvalue weighted by atomic mass is 35.5. The number of rotatable bonds is 9. The lowest BCUT2D eigenvalue weighted by Gasteiger charge is -2.28. The van der Waals surface area contributed by atoms with Crippen molar-refractivity contribution in [3.63, 3.8) is 0 Å². The Morgan fingerprint density at radius 3 is 2.68 bits per heavy atom. The predicted molar refractivity (Wildman–Crippen MR) is 124 cm³/mol. The number of thiophene rings is 1. The highest BCUT2D eigenvalue weighted by Gasteiger charge is 2.26. The van der Waals surface area contributed by atoms with Crippen LogP contribution in [0.25, 0.3) is 0 Å². The number of carbonyl (C=O) groups is 3. The SMILES string of the molecule is CN(C)[C@@H](CNC(=O)c1ccc(Cl)s1)C(=O)Nc1ccc(N2CCOCC2=O)cc1OC(F)F. The summed E-state index contributed by atoms with van der Waals surface area (Å²) in [5, 5.41) is 5.24. The van der Waals surface area contributed by atoms with E-state index in [4.69, 9.17) is 16.3 Å². The standard InChI is InChI=1S/C21H23ClF2N4O5S/c1-27(2)14(10-25-20(31)16-5-6-17(22)34-16)19(30)26-13-4-3-12(9-15(13)33-21(23)24)28-7-8-32-11-18(28)29/h3-6,9,14,21H,7-8,10-11H2,1-2H3,(H,25,31)(H,26,30)/t14-/m0/s1. The van der Waals surface area contributed by atoms with Crippen LogP contribution in [0.15, 0.2) is 30.3 Å². The van der Waals surface area contributed by atoms with Gasteiger partial charge in [0.2, 0.25) is 5.91 Å². The van der Waals surface area contributed by atoms with Crippen molar-refractivity contribution < 1.29 is 32.6 Å². The second-order valence-corrected chi connectivity index (χ2v) is 9.15. The number of likely N-dealkylation sites (N-methyl/N-ethyl adjacent to an activating group) is 1. The molecular formula is C21H23ClF2N4O5S. The van der Waals surface area contributed by atoms with Crippen LogP contribution in [0, 0.1) is 0 Å². The summed E-state index contributed by atoms with van der Waals surface area (Å²) in [5.41, 5.74) is 0.339. The molecule has 2 aromatic rings. The fraction of sp³-hybridized carbons (Fsp3) is 0.381. The molecule has 0 spiro atoms. The zero-order valence-corrected chi connectivity index (χ0v) is 19.9. The summed E-state index contributed by atoms with van der Waals surface area (Å²) in [7, 11) is 3.28. The van der Waals surface area contributed by atoms with Crippen molar-refractivity contribution in [3.8, 4) is 5.75 Å². The van der Waals surface area contributed by atoms with Gasteiger partial charge < -0.3 is 25.0 Å². The Hall–Kier alpha value is -2.80. The zero-order valence-electron chi connectivity index (χ0n) is 18.3. The highest BCUT2D eigenvalue weighted by Crippen LogP contribution is 2.32. The van der Waals surface area contributed by atoms with E-state index < -0.39 is 24.5 Å². The normalized spacial score (nSPS) is 14.9. The topological polar surface area (TPSA) is 100 Å². The minimum absolute atomic E-state index is 0.00188. The molecule has 1 aromatic carbocycles. The third-order valence-corrected chi connectivity index (χ3v) is 6.15. The first-order chi connectivity index (χ1) is 16.2. The Labute approximate surface area is 203 Å². The second-order valence-electron chi connectivity index (χ2n) is 7.44. The molecule has 0 aliphatic carbocycles. The first-order valence-corrected chi connectivity index (χ1v) is 11.3. The number of amides is 3. The molecule has 1 aliphatic rings. The van der Waals surface area contributed by atoms with E-state index >= 15 is 0 Å². The number of halogens is 3. The largest absolute Gasteiger partial charge is 0.433 e. The molecule has 3 rings (SSSR count). The van der Waals surface area contributed by atoms with Crippen LogP contribution in [0.1, 0.15) is 9.67 Å². The fourth-order valence-electron chi connectivity index (χ4n) is 3.21. The first kappa shape index (κ1) is 25.8. The van der Waals surface area contributed by atoms with Crippen molar-refractivity contribution in [2.45, 2.75) is 12.7 Å². The van der Waals surface area contributed by atoms with E-state index in [1.165, 1.54) is 23.1 Å². The Morgan fingerprint density at radius 1 is 1.29 bits per heavy atom. The van der Waals surface area contributed by atoms with Crippen LogP contribution >= 0.6 is 22.9 Å². The van der Waals surface area contributed by atoms with Crippen molar-refractivity contribution in [2.75, 3.05) is 50.6 Å². The molecule has 2 heterocycles. The van der Waals surface area contributed by atoms with E-state index in [1.807, 2.05) is 0 Å². The van der Waals surface area contributed by atoms with Gasteiger partial charge in [0.25, 0.3) is 11.8 Å². The first-order valence-electron chi connectivity index (χ1n) is 10.1. The molecule has 0 radical (unpaired) electrons. The van der Waals surface area contributed by atoms with Gasteiger partial charge in [0.1, 0.15) is 12.6 Å². The smallest absolute Gasteiger partial charge is 0.387 e. The summed E-state index contributed by atoms with van der Waals surface area (Å²) in [6.07, 6.45) is 0. The summed E-state index contributed by atoms with van der Waals surface area (Å²) in [6, 6.07) is 6.51. The van der Waals surface area contributed by atoms with Crippen LogP contribution in [0.4, 0.5) is 20.2 Å². The van der Waals surface area contributed by atoms with Crippen molar-refractivity contribution in [2.24, 2.45) is 0 Å². The molecule has 0 bridgehead atoms. The van der Waals surface area contributed by atoms with Crippen LogP contribution in [-0.4, -0.2) is 75.7 Å². The molecule has 0 saturated carbocycles. The van der Waals surface area contributed by atoms with Gasteiger partial charge in [-0.25, -0.2) is 0 Å². The van der Waals surface area contributed by atoms with E-state index in [2.05, 4.69) is 15.4 Å². The molecule has 2 N–H and O–H groups in total. The molecule has 0 unspecified atom stereocenters. The van der Waals surface area contributed by atoms with Crippen molar-refractivity contribution in [1.29, 1.82) is 0 Å². The van der Waals surface area contributed by atoms with Gasteiger partial charge in [-0.1, -0.05) is 11.6 Å². The minimum atomic E-state index is -3.15. The monoisotopic (exact) mass is 516 g/mol. The van der Waals surface area contributed by atoms with Gasteiger partial charge in [-0.15, -0.1) is 11.3 Å². The van der Waals surface area contributed by atoms with Crippen molar-refractivity contribution in [1.82, 2.24) is 10.2 Å². The van der Waals surface area contributed by atoms with Gasteiger partial charge in [-0.2, -0.15) is 8.78 Å². The maximum atomic E-state index is 13.0.